The van der Waals surface area contributed by atoms with Gasteiger partial charge in [0, 0.05) is 16.0 Å². The fraction of sp³-hybridized carbons (Fsp3) is 0.0526. The smallest absolute Gasteiger partial charge is 0.260 e. The van der Waals surface area contributed by atoms with Crippen LogP contribution in [0, 0.1) is 12.7 Å². The molecule has 2 heterocycles. The van der Waals surface area contributed by atoms with Gasteiger partial charge in [-0.05, 0) is 36.8 Å². The SMILES string of the molecule is Cc1sc2nc(-c3ccccc3Cl)[nH]c(=O)c2c1-c1ccc(F)cc1. The molecule has 0 aliphatic rings. The third-order valence-electron chi connectivity index (χ3n) is 4.00. The predicted molar refractivity (Wildman–Crippen MR) is 101 cm³/mol. The highest BCUT2D eigenvalue weighted by molar-refractivity contribution is 7.19. The maximum absolute atomic E-state index is 13.2. The van der Waals surface area contributed by atoms with Crippen molar-refractivity contribution in [1.29, 1.82) is 0 Å². The third-order valence-corrected chi connectivity index (χ3v) is 5.33. The highest BCUT2D eigenvalue weighted by Crippen LogP contribution is 2.36. The summed E-state index contributed by atoms with van der Waals surface area (Å²) in [6.07, 6.45) is 0. The fourth-order valence-electron chi connectivity index (χ4n) is 2.86. The first-order valence-electron chi connectivity index (χ1n) is 7.59. The monoisotopic (exact) mass is 370 g/mol. The van der Waals surface area contributed by atoms with Gasteiger partial charge in [0.2, 0.25) is 0 Å². The molecule has 0 amide bonds. The van der Waals surface area contributed by atoms with E-state index in [0.29, 0.717) is 26.6 Å². The number of nitrogens with one attached hydrogen (secondary N) is 1. The van der Waals surface area contributed by atoms with E-state index in [4.69, 9.17) is 11.6 Å². The minimum atomic E-state index is -0.311. The molecule has 0 saturated carbocycles. The first-order valence-corrected chi connectivity index (χ1v) is 8.78. The molecule has 0 bridgehead atoms. The zero-order valence-corrected chi connectivity index (χ0v) is 14.7. The second-order valence-electron chi connectivity index (χ2n) is 5.61. The van der Waals surface area contributed by atoms with Gasteiger partial charge in [0.25, 0.3) is 5.56 Å². The Labute approximate surface area is 151 Å². The summed E-state index contributed by atoms with van der Waals surface area (Å²) in [6, 6.07) is 13.4. The van der Waals surface area contributed by atoms with Crippen LogP contribution in [0.1, 0.15) is 4.88 Å². The van der Waals surface area contributed by atoms with Crippen LogP contribution in [-0.4, -0.2) is 9.97 Å². The molecule has 0 aliphatic heterocycles. The van der Waals surface area contributed by atoms with Crippen molar-refractivity contribution in [2.75, 3.05) is 0 Å². The molecule has 2 aromatic carbocycles. The number of halogens is 2. The number of aryl methyl sites for hydroxylation is 1. The van der Waals surface area contributed by atoms with E-state index < -0.39 is 0 Å². The molecular formula is C19H12ClFN2OS. The van der Waals surface area contributed by atoms with Crippen molar-refractivity contribution in [2.45, 2.75) is 6.92 Å². The topological polar surface area (TPSA) is 45.8 Å². The molecule has 6 heteroatoms. The molecule has 1 N–H and O–H groups in total. The Balaban J connectivity index is 1.97. The average molecular weight is 371 g/mol. The van der Waals surface area contributed by atoms with Crippen LogP contribution in [0.4, 0.5) is 4.39 Å². The molecule has 0 aliphatic carbocycles. The van der Waals surface area contributed by atoms with E-state index in [1.165, 1.54) is 23.5 Å². The van der Waals surface area contributed by atoms with Gasteiger partial charge in [0.1, 0.15) is 16.5 Å². The summed E-state index contributed by atoms with van der Waals surface area (Å²) in [5.74, 6) is 0.129. The van der Waals surface area contributed by atoms with Gasteiger partial charge in [-0.25, -0.2) is 9.37 Å². The summed E-state index contributed by atoms with van der Waals surface area (Å²) >= 11 is 7.65. The summed E-state index contributed by atoms with van der Waals surface area (Å²) in [5.41, 5.74) is 2.03. The Bertz CT molecular complexity index is 1150. The number of aromatic nitrogens is 2. The molecule has 0 spiro atoms. The van der Waals surface area contributed by atoms with Crippen molar-refractivity contribution in [3.63, 3.8) is 0 Å². The van der Waals surface area contributed by atoms with Crippen molar-refractivity contribution < 1.29 is 4.39 Å². The van der Waals surface area contributed by atoms with E-state index in [-0.39, 0.29) is 11.4 Å². The summed E-state index contributed by atoms with van der Waals surface area (Å²) in [7, 11) is 0. The zero-order valence-electron chi connectivity index (χ0n) is 13.1. The number of hydrogen-bond acceptors (Lipinski definition) is 3. The minimum absolute atomic E-state index is 0.233. The Morgan fingerprint density at radius 3 is 2.56 bits per heavy atom. The van der Waals surface area contributed by atoms with Crippen LogP contribution in [0.5, 0.6) is 0 Å². The third kappa shape index (κ3) is 2.75. The van der Waals surface area contributed by atoms with Gasteiger partial charge in [-0.3, -0.25) is 4.79 Å². The molecule has 0 unspecified atom stereocenters. The number of thiophene rings is 1. The second-order valence-corrected chi connectivity index (χ2v) is 7.23. The van der Waals surface area contributed by atoms with Gasteiger partial charge in [-0.15, -0.1) is 11.3 Å². The minimum Gasteiger partial charge on any atom is -0.306 e. The van der Waals surface area contributed by atoms with Crippen molar-refractivity contribution >= 4 is 33.2 Å². The lowest BCUT2D eigenvalue weighted by Gasteiger charge is -2.04. The second kappa shape index (κ2) is 6.10. The number of H-pyrrole nitrogens is 1. The van der Waals surface area contributed by atoms with Crippen molar-refractivity contribution in [2.24, 2.45) is 0 Å². The molecule has 25 heavy (non-hydrogen) atoms. The number of hydrogen-bond donors (Lipinski definition) is 1. The standard InChI is InChI=1S/C19H12ClFN2OS/c1-10-15(11-6-8-12(21)9-7-11)16-18(24)22-17(23-19(16)25-10)13-4-2-3-5-14(13)20/h2-9H,1H3,(H,22,23,24). The lowest BCUT2D eigenvalue weighted by Crippen LogP contribution is -2.09. The first-order chi connectivity index (χ1) is 12.0. The normalized spacial score (nSPS) is 11.2. The average Bonchev–Trinajstić information content (AvgIpc) is 2.92. The lowest BCUT2D eigenvalue weighted by molar-refractivity contribution is 0.628. The molecule has 124 valence electrons. The molecule has 3 nitrogen and oxygen atoms in total. The number of aromatic amines is 1. The number of benzene rings is 2. The van der Waals surface area contributed by atoms with Gasteiger partial charge < -0.3 is 4.98 Å². The molecule has 0 radical (unpaired) electrons. The number of nitrogens with zero attached hydrogens (tertiary/aromatic N) is 1. The summed E-state index contributed by atoms with van der Waals surface area (Å²) in [6.45, 7) is 1.93. The van der Waals surface area contributed by atoms with E-state index in [1.54, 1.807) is 18.2 Å². The molecule has 0 fully saturated rings. The quantitative estimate of drug-likeness (QED) is 0.512. The Kier molecular flexibility index (Phi) is 3.90. The molecule has 2 aromatic heterocycles. The largest absolute Gasteiger partial charge is 0.306 e. The molecule has 0 atom stereocenters. The molecule has 4 rings (SSSR count). The van der Waals surface area contributed by atoms with Crippen LogP contribution in [-0.2, 0) is 0 Å². The van der Waals surface area contributed by atoms with Crippen LogP contribution in [0.25, 0.3) is 32.7 Å². The van der Waals surface area contributed by atoms with E-state index in [9.17, 15) is 9.18 Å². The van der Waals surface area contributed by atoms with Crippen molar-refractivity contribution in [3.8, 4) is 22.5 Å². The van der Waals surface area contributed by atoms with Crippen LogP contribution < -0.4 is 5.56 Å². The van der Waals surface area contributed by atoms with Crippen molar-refractivity contribution in [3.05, 3.63) is 74.6 Å². The van der Waals surface area contributed by atoms with Crippen LogP contribution in [0.15, 0.2) is 53.3 Å². The summed E-state index contributed by atoms with van der Waals surface area (Å²) < 4.78 is 13.2. The van der Waals surface area contributed by atoms with E-state index in [0.717, 1.165) is 16.0 Å². The summed E-state index contributed by atoms with van der Waals surface area (Å²) in [4.78, 5) is 21.8. The Morgan fingerprint density at radius 1 is 1.12 bits per heavy atom. The van der Waals surface area contributed by atoms with E-state index in [2.05, 4.69) is 9.97 Å². The summed E-state index contributed by atoms with van der Waals surface area (Å²) in [5, 5.41) is 1.04. The van der Waals surface area contributed by atoms with Crippen molar-refractivity contribution in [1.82, 2.24) is 9.97 Å². The maximum Gasteiger partial charge on any atom is 0.260 e. The molecule has 0 saturated heterocycles. The van der Waals surface area contributed by atoms with Gasteiger partial charge in [0.05, 0.1) is 10.4 Å². The van der Waals surface area contributed by atoms with E-state index >= 15 is 0 Å². The highest BCUT2D eigenvalue weighted by atomic mass is 35.5. The number of fused-ring (bicyclic) bond motifs is 1. The van der Waals surface area contributed by atoms with Gasteiger partial charge in [0.15, 0.2) is 0 Å². The Morgan fingerprint density at radius 2 is 1.84 bits per heavy atom. The van der Waals surface area contributed by atoms with Gasteiger partial charge in [-0.1, -0.05) is 35.9 Å². The van der Waals surface area contributed by atoms with Crippen LogP contribution in [0.3, 0.4) is 0 Å². The predicted octanol–water partition coefficient (Wildman–Crippen LogP) is 5.42. The van der Waals surface area contributed by atoms with E-state index in [1.807, 2.05) is 25.1 Å². The van der Waals surface area contributed by atoms with Crippen LogP contribution >= 0.6 is 22.9 Å². The van der Waals surface area contributed by atoms with Crippen LogP contribution in [0.2, 0.25) is 5.02 Å². The molecule has 4 aromatic rings. The maximum atomic E-state index is 13.2. The lowest BCUT2D eigenvalue weighted by atomic mass is 10.0. The first kappa shape index (κ1) is 16.0. The zero-order chi connectivity index (χ0) is 17.6. The molecular weight excluding hydrogens is 359 g/mol. The fourth-order valence-corrected chi connectivity index (χ4v) is 4.13. The highest BCUT2D eigenvalue weighted by Gasteiger charge is 2.17. The van der Waals surface area contributed by atoms with Gasteiger partial charge in [-0.2, -0.15) is 0 Å². The Hall–Kier alpha value is -2.50. The number of rotatable bonds is 2. The van der Waals surface area contributed by atoms with Gasteiger partial charge >= 0.3 is 0 Å².